The Bertz CT molecular complexity index is 1060. The van der Waals surface area contributed by atoms with Gasteiger partial charge in [0.15, 0.2) is 0 Å². The van der Waals surface area contributed by atoms with Crippen LogP contribution in [0.25, 0.3) is 0 Å². The third-order valence-electron chi connectivity index (χ3n) is 7.69. The number of rotatable bonds is 22. The maximum Gasteiger partial charge on any atom is 0.306 e. The highest BCUT2D eigenvalue weighted by Gasteiger charge is 2.34. The molecule has 8 N–H and O–H groups in total. The Morgan fingerprint density at radius 2 is 0.875 bits per heavy atom. The van der Waals surface area contributed by atoms with Gasteiger partial charge in [-0.2, -0.15) is 0 Å². The van der Waals surface area contributed by atoms with Crippen molar-refractivity contribution in [1.29, 1.82) is 0 Å². The zero-order valence-corrected chi connectivity index (χ0v) is 30.8. The molecule has 5 amide bonds. The van der Waals surface area contributed by atoms with Gasteiger partial charge in [-0.05, 0) is 49.4 Å². The van der Waals surface area contributed by atoms with E-state index in [0.29, 0.717) is 12.8 Å². The number of aliphatic hydroxyl groups excluding tert-OH is 2. The molecule has 14 nitrogen and oxygen atoms in total. The number of aliphatic hydroxyl groups is 2. The van der Waals surface area contributed by atoms with Crippen LogP contribution in [-0.4, -0.2) is 93.2 Å². The molecule has 0 aliphatic rings. The van der Waals surface area contributed by atoms with Crippen molar-refractivity contribution in [2.24, 2.45) is 29.6 Å². The molecule has 0 aliphatic carbocycles. The number of nitrogens with one attached hydrogen (secondary N) is 5. The second kappa shape index (κ2) is 21.7. The molecule has 14 heteroatoms. The quantitative estimate of drug-likeness (QED) is 0.0825. The Hall–Kier alpha value is -3.26. The van der Waals surface area contributed by atoms with Crippen molar-refractivity contribution >= 4 is 35.5 Å². The Kier molecular flexibility index (Phi) is 20.2. The number of carbonyl (C=O) groups is 6. The second-order valence-electron chi connectivity index (χ2n) is 14.8. The molecule has 0 aromatic rings. The number of aliphatic carboxylic acids is 1. The summed E-state index contributed by atoms with van der Waals surface area (Å²) in [6, 6.07) is -4.61. The highest BCUT2D eigenvalue weighted by molar-refractivity contribution is 5.92. The smallest absolute Gasteiger partial charge is 0.306 e. The molecule has 0 saturated heterocycles. The topological polar surface area (TPSA) is 223 Å². The van der Waals surface area contributed by atoms with Crippen molar-refractivity contribution in [3.63, 3.8) is 0 Å². The van der Waals surface area contributed by atoms with Crippen molar-refractivity contribution in [3.8, 4) is 0 Å². The highest BCUT2D eigenvalue weighted by Crippen LogP contribution is 2.15. The standard InChI is InChI=1S/C34H63N5O9/c1-17(2)12-23(37-33(47)31(21(9)10)39-34(48)30(20(7)8)38-27(42)14-19(5)6)25(40)15-28(43)35-22(11)32(46)36-24(13-18(3)4)26(41)16-29(44)45/h17-26,30-31,40-41H,12-16H2,1-11H3,(H,35,43)(H,36,46)(H,37,47)(H,38,42)(H,39,48)(H,44,45)/t22-,23-,24+,25-,26+,30+,31+/m1/s1. The van der Waals surface area contributed by atoms with Crippen LogP contribution in [0.4, 0.5) is 0 Å². The molecular formula is C34H63N5O9. The Morgan fingerprint density at radius 1 is 0.479 bits per heavy atom. The van der Waals surface area contributed by atoms with Crippen LogP contribution in [0.1, 0.15) is 108 Å². The van der Waals surface area contributed by atoms with E-state index in [1.807, 2.05) is 41.5 Å². The fourth-order valence-electron chi connectivity index (χ4n) is 5.16. The van der Waals surface area contributed by atoms with E-state index in [0.717, 1.165) is 0 Å². The summed E-state index contributed by atoms with van der Waals surface area (Å²) in [5, 5.41) is 43.9. The van der Waals surface area contributed by atoms with Crippen molar-refractivity contribution in [3.05, 3.63) is 0 Å². The summed E-state index contributed by atoms with van der Waals surface area (Å²) in [6.07, 6.45) is -2.76. The van der Waals surface area contributed by atoms with Gasteiger partial charge in [0.2, 0.25) is 29.5 Å². The van der Waals surface area contributed by atoms with E-state index >= 15 is 0 Å². The molecule has 0 heterocycles. The molecule has 0 aromatic heterocycles. The monoisotopic (exact) mass is 685 g/mol. The molecule has 0 aliphatic heterocycles. The van der Waals surface area contributed by atoms with E-state index in [1.54, 1.807) is 27.7 Å². The predicted octanol–water partition coefficient (Wildman–Crippen LogP) is 1.47. The van der Waals surface area contributed by atoms with Gasteiger partial charge in [-0.15, -0.1) is 0 Å². The van der Waals surface area contributed by atoms with E-state index in [2.05, 4.69) is 26.6 Å². The van der Waals surface area contributed by atoms with Gasteiger partial charge in [0.1, 0.15) is 18.1 Å². The van der Waals surface area contributed by atoms with Gasteiger partial charge < -0.3 is 41.9 Å². The van der Waals surface area contributed by atoms with E-state index in [4.69, 9.17) is 5.11 Å². The third kappa shape index (κ3) is 17.8. The molecule has 7 atom stereocenters. The lowest BCUT2D eigenvalue weighted by molar-refractivity contribution is -0.140. The first-order valence-electron chi connectivity index (χ1n) is 17.1. The maximum absolute atomic E-state index is 13.5. The van der Waals surface area contributed by atoms with Crippen LogP contribution in [0.2, 0.25) is 0 Å². The lowest BCUT2D eigenvalue weighted by Gasteiger charge is -2.31. The molecule has 0 saturated carbocycles. The van der Waals surface area contributed by atoms with Gasteiger partial charge in [0.25, 0.3) is 0 Å². The molecule has 0 radical (unpaired) electrons. The average molecular weight is 686 g/mol. The van der Waals surface area contributed by atoms with Gasteiger partial charge in [0, 0.05) is 6.42 Å². The van der Waals surface area contributed by atoms with Gasteiger partial charge in [0.05, 0.1) is 37.1 Å². The predicted molar refractivity (Wildman–Crippen MR) is 182 cm³/mol. The molecule has 0 fully saturated rings. The number of carbonyl (C=O) groups excluding carboxylic acids is 5. The minimum absolute atomic E-state index is 0.0152. The zero-order valence-electron chi connectivity index (χ0n) is 30.8. The molecule has 0 rings (SSSR count). The SMILES string of the molecule is CC(C)CC(=O)N[C@H](C(=O)N[C@H](C(=O)N[C@H](CC(C)C)[C@H](O)CC(=O)N[C@H](C)C(=O)N[C@@H](CC(C)C)[C@@H](O)CC(=O)O)C(C)C)C(C)C. The average Bonchev–Trinajstić information content (AvgIpc) is 2.91. The van der Waals surface area contributed by atoms with Crippen LogP contribution in [0.15, 0.2) is 0 Å². The summed E-state index contributed by atoms with van der Waals surface area (Å²) in [5.74, 6) is -4.25. The summed E-state index contributed by atoms with van der Waals surface area (Å²) >= 11 is 0. The third-order valence-corrected chi connectivity index (χ3v) is 7.69. The van der Waals surface area contributed by atoms with Crippen LogP contribution in [-0.2, 0) is 28.8 Å². The summed E-state index contributed by atoms with van der Waals surface area (Å²) in [4.78, 5) is 75.9. The Balaban J connectivity index is 5.60. The first-order valence-corrected chi connectivity index (χ1v) is 17.1. The lowest BCUT2D eigenvalue weighted by Crippen LogP contribution is -2.59. The van der Waals surface area contributed by atoms with Crippen LogP contribution in [0.5, 0.6) is 0 Å². The summed E-state index contributed by atoms with van der Waals surface area (Å²) in [6.45, 7) is 19.8. The summed E-state index contributed by atoms with van der Waals surface area (Å²) in [5.41, 5.74) is 0. The van der Waals surface area contributed by atoms with Crippen molar-refractivity contribution in [1.82, 2.24) is 26.6 Å². The van der Waals surface area contributed by atoms with Crippen LogP contribution < -0.4 is 26.6 Å². The van der Waals surface area contributed by atoms with E-state index in [1.165, 1.54) is 6.92 Å². The highest BCUT2D eigenvalue weighted by atomic mass is 16.4. The van der Waals surface area contributed by atoms with E-state index in [9.17, 15) is 39.0 Å². The van der Waals surface area contributed by atoms with Gasteiger partial charge in [-0.25, -0.2) is 0 Å². The fraction of sp³-hybridized carbons (Fsp3) is 0.824. The van der Waals surface area contributed by atoms with Crippen LogP contribution >= 0.6 is 0 Å². The number of hydrogen-bond acceptors (Lipinski definition) is 8. The minimum atomic E-state index is -1.33. The first kappa shape index (κ1) is 44.7. The minimum Gasteiger partial charge on any atom is -0.481 e. The number of carboxylic acids is 1. The van der Waals surface area contributed by atoms with Crippen molar-refractivity contribution in [2.75, 3.05) is 0 Å². The summed E-state index contributed by atoms with van der Waals surface area (Å²) < 4.78 is 0. The largest absolute Gasteiger partial charge is 0.481 e. The van der Waals surface area contributed by atoms with E-state index < -0.39 is 84.9 Å². The zero-order chi connectivity index (χ0) is 37.5. The number of amides is 5. The Morgan fingerprint density at radius 3 is 1.29 bits per heavy atom. The van der Waals surface area contributed by atoms with Crippen molar-refractivity contribution in [2.45, 2.75) is 151 Å². The number of carboxylic acid groups (broad SMARTS) is 1. The van der Waals surface area contributed by atoms with E-state index in [-0.39, 0.29) is 41.9 Å². The molecule has 0 aromatic carbocycles. The fourth-order valence-corrected chi connectivity index (χ4v) is 5.16. The molecule has 278 valence electrons. The molecule has 48 heavy (non-hydrogen) atoms. The normalized spacial score (nSPS) is 16.1. The first-order chi connectivity index (χ1) is 22.0. The van der Waals surface area contributed by atoms with Gasteiger partial charge >= 0.3 is 5.97 Å². The van der Waals surface area contributed by atoms with Crippen LogP contribution in [0.3, 0.4) is 0 Å². The van der Waals surface area contributed by atoms with Crippen molar-refractivity contribution < 1.29 is 44.1 Å². The summed E-state index contributed by atoms with van der Waals surface area (Å²) in [7, 11) is 0. The molecule has 0 unspecified atom stereocenters. The molecule has 0 spiro atoms. The lowest BCUT2D eigenvalue weighted by atomic mass is 9.95. The van der Waals surface area contributed by atoms with Gasteiger partial charge in [-0.1, -0.05) is 69.2 Å². The Labute approximate surface area is 286 Å². The van der Waals surface area contributed by atoms with Crippen LogP contribution in [0, 0.1) is 29.6 Å². The number of hydrogen-bond donors (Lipinski definition) is 8. The molecular weight excluding hydrogens is 622 g/mol. The second-order valence-corrected chi connectivity index (χ2v) is 14.8. The molecule has 0 bridgehead atoms. The maximum atomic E-state index is 13.5. The van der Waals surface area contributed by atoms with Gasteiger partial charge in [-0.3, -0.25) is 28.8 Å².